The smallest absolute Gasteiger partial charge is 0.241 e. The van der Waals surface area contributed by atoms with Crippen LogP contribution < -0.4 is 0 Å². The number of nitrogens with zero attached hydrogens (tertiary/aromatic N) is 1. The summed E-state index contributed by atoms with van der Waals surface area (Å²) in [6, 6.07) is 0. The van der Waals surface area contributed by atoms with Gasteiger partial charge in [-0.2, -0.15) is 0 Å². The molecule has 0 aromatic heterocycles. The SMILES string of the molecule is BN1CCOC(CO)C1=O. The van der Waals surface area contributed by atoms with Crippen molar-refractivity contribution in [2.24, 2.45) is 0 Å². The Kier molecular flexibility index (Phi) is 2.29. The highest BCUT2D eigenvalue weighted by atomic mass is 16.5. The third kappa shape index (κ3) is 1.30. The average Bonchev–Trinajstić information content (AvgIpc) is 1.95. The van der Waals surface area contributed by atoms with Crippen molar-refractivity contribution in [3.8, 4) is 0 Å². The minimum absolute atomic E-state index is 0.131. The van der Waals surface area contributed by atoms with Gasteiger partial charge in [-0.1, -0.05) is 0 Å². The van der Waals surface area contributed by atoms with Crippen LogP contribution in [0.25, 0.3) is 0 Å². The van der Waals surface area contributed by atoms with Gasteiger partial charge in [0, 0.05) is 6.54 Å². The van der Waals surface area contributed by atoms with E-state index in [0.717, 1.165) is 0 Å². The van der Waals surface area contributed by atoms with E-state index in [0.29, 0.717) is 13.2 Å². The second kappa shape index (κ2) is 3.03. The van der Waals surface area contributed by atoms with E-state index in [4.69, 9.17) is 9.84 Å². The fourth-order valence-corrected chi connectivity index (χ4v) is 0.890. The monoisotopic (exact) mass is 143 g/mol. The van der Waals surface area contributed by atoms with Crippen LogP contribution in [0.15, 0.2) is 0 Å². The molecule has 1 saturated heterocycles. The van der Waals surface area contributed by atoms with E-state index in [2.05, 4.69) is 0 Å². The number of hydrogen-bond acceptors (Lipinski definition) is 3. The second-order valence-corrected chi connectivity index (χ2v) is 2.30. The van der Waals surface area contributed by atoms with E-state index < -0.39 is 6.10 Å². The van der Waals surface area contributed by atoms with E-state index in [1.54, 1.807) is 12.8 Å². The number of carbonyl (C=O) groups is 1. The number of aliphatic hydroxyl groups is 1. The number of hydrogen-bond donors (Lipinski definition) is 1. The summed E-state index contributed by atoms with van der Waals surface area (Å²) in [7, 11) is 1.70. The predicted octanol–water partition coefficient (Wildman–Crippen LogP) is -2.25. The van der Waals surface area contributed by atoms with Crippen LogP contribution in [-0.4, -0.2) is 49.7 Å². The van der Waals surface area contributed by atoms with Crippen LogP contribution in [0.1, 0.15) is 0 Å². The first-order valence-corrected chi connectivity index (χ1v) is 3.23. The topological polar surface area (TPSA) is 49.8 Å². The van der Waals surface area contributed by atoms with Crippen LogP contribution in [-0.2, 0) is 9.53 Å². The van der Waals surface area contributed by atoms with Crippen molar-refractivity contribution in [2.45, 2.75) is 6.10 Å². The molecule has 1 amide bonds. The zero-order valence-electron chi connectivity index (χ0n) is 5.91. The molecule has 1 heterocycles. The Morgan fingerprint density at radius 1 is 1.90 bits per heavy atom. The quantitative estimate of drug-likeness (QED) is 0.422. The van der Waals surface area contributed by atoms with E-state index in [9.17, 15) is 4.79 Å². The zero-order chi connectivity index (χ0) is 7.56. The molecule has 10 heavy (non-hydrogen) atoms. The molecular weight excluding hydrogens is 133 g/mol. The molecule has 4 nitrogen and oxygen atoms in total. The Labute approximate surface area is 60.2 Å². The number of carbonyl (C=O) groups excluding carboxylic acids is 1. The maximum atomic E-state index is 11.0. The number of ether oxygens (including phenoxy) is 1. The van der Waals surface area contributed by atoms with Gasteiger partial charge in [0.15, 0.2) is 6.10 Å². The van der Waals surface area contributed by atoms with Gasteiger partial charge in [0.25, 0.3) is 0 Å². The minimum Gasteiger partial charge on any atom is -0.393 e. The number of morpholine rings is 1. The fraction of sp³-hybridized carbons (Fsp3) is 0.800. The lowest BCUT2D eigenvalue weighted by Crippen LogP contribution is -2.47. The number of amides is 1. The Morgan fingerprint density at radius 3 is 3.10 bits per heavy atom. The van der Waals surface area contributed by atoms with Gasteiger partial charge in [-0.3, -0.25) is 4.79 Å². The van der Waals surface area contributed by atoms with E-state index in [1.165, 1.54) is 0 Å². The summed E-state index contributed by atoms with van der Waals surface area (Å²) < 4.78 is 4.97. The average molecular weight is 143 g/mol. The normalized spacial score (nSPS) is 27.1. The zero-order valence-corrected chi connectivity index (χ0v) is 5.91. The van der Waals surface area contributed by atoms with Gasteiger partial charge in [0.2, 0.25) is 13.9 Å². The third-order valence-corrected chi connectivity index (χ3v) is 1.56. The lowest BCUT2D eigenvalue weighted by molar-refractivity contribution is -0.149. The first-order chi connectivity index (χ1) is 4.75. The summed E-state index contributed by atoms with van der Waals surface area (Å²) in [4.78, 5) is 12.6. The standard InChI is InChI=1S/C5H10BNO3/c6-7-1-2-10-4(3-8)5(7)9/h4,8H,1-3,6H2. The molecule has 1 fully saturated rings. The molecule has 0 bridgehead atoms. The van der Waals surface area contributed by atoms with Crippen molar-refractivity contribution in [1.29, 1.82) is 0 Å². The first kappa shape index (κ1) is 7.56. The summed E-state index contributed by atoms with van der Waals surface area (Å²) in [5.41, 5.74) is 0. The van der Waals surface area contributed by atoms with E-state index in [1.807, 2.05) is 0 Å². The van der Waals surface area contributed by atoms with Crippen molar-refractivity contribution in [1.82, 2.24) is 4.81 Å². The predicted molar refractivity (Wildman–Crippen MR) is 37.1 cm³/mol. The molecule has 1 aliphatic heterocycles. The molecule has 0 aromatic carbocycles. The minimum atomic E-state index is -0.626. The van der Waals surface area contributed by atoms with E-state index >= 15 is 0 Å². The molecular formula is C5H10BNO3. The number of aliphatic hydroxyl groups excluding tert-OH is 1. The van der Waals surface area contributed by atoms with Crippen LogP contribution >= 0.6 is 0 Å². The van der Waals surface area contributed by atoms with Crippen molar-refractivity contribution in [3.05, 3.63) is 0 Å². The maximum absolute atomic E-state index is 11.0. The van der Waals surface area contributed by atoms with Gasteiger partial charge in [0.1, 0.15) is 0 Å². The van der Waals surface area contributed by atoms with Crippen LogP contribution in [0.3, 0.4) is 0 Å². The molecule has 0 spiro atoms. The fourth-order valence-electron chi connectivity index (χ4n) is 0.890. The molecule has 1 rings (SSSR count). The molecule has 0 aliphatic carbocycles. The molecule has 0 aromatic rings. The molecule has 0 saturated carbocycles. The molecule has 1 unspecified atom stereocenters. The Hall–Kier alpha value is -0.545. The van der Waals surface area contributed by atoms with Gasteiger partial charge in [-0.05, 0) is 0 Å². The van der Waals surface area contributed by atoms with Crippen molar-refractivity contribution >= 4 is 13.9 Å². The van der Waals surface area contributed by atoms with Gasteiger partial charge in [0.05, 0.1) is 13.2 Å². The van der Waals surface area contributed by atoms with Crippen molar-refractivity contribution in [3.63, 3.8) is 0 Å². The molecule has 1 aliphatic rings. The third-order valence-electron chi connectivity index (χ3n) is 1.56. The molecule has 0 radical (unpaired) electrons. The lowest BCUT2D eigenvalue weighted by Gasteiger charge is -2.28. The summed E-state index contributed by atoms with van der Waals surface area (Å²) >= 11 is 0. The summed E-state index contributed by atoms with van der Waals surface area (Å²) in [6.07, 6.45) is -0.626. The molecule has 56 valence electrons. The van der Waals surface area contributed by atoms with Gasteiger partial charge >= 0.3 is 0 Å². The van der Waals surface area contributed by atoms with Crippen LogP contribution in [0.5, 0.6) is 0 Å². The summed E-state index contributed by atoms with van der Waals surface area (Å²) in [6.45, 7) is 0.923. The van der Waals surface area contributed by atoms with Gasteiger partial charge in [-0.15, -0.1) is 0 Å². The molecule has 1 N–H and O–H groups in total. The second-order valence-electron chi connectivity index (χ2n) is 2.30. The largest absolute Gasteiger partial charge is 0.393 e. The summed E-state index contributed by atoms with van der Waals surface area (Å²) in [5, 5.41) is 8.61. The van der Waals surface area contributed by atoms with Crippen LogP contribution in [0, 0.1) is 0 Å². The highest BCUT2D eigenvalue weighted by molar-refractivity contribution is 6.15. The van der Waals surface area contributed by atoms with Gasteiger partial charge < -0.3 is 14.7 Å². The maximum Gasteiger partial charge on any atom is 0.241 e. The number of rotatable bonds is 1. The Balaban J connectivity index is 2.51. The first-order valence-electron chi connectivity index (χ1n) is 3.23. The van der Waals surface area contributed by atoms with Crippen molar-refractivity contribution in [2.75, 3.05) is 19.8 Å². The van der Waals surface area contributed by atoms with Gasteiger partial charge in [-0.25, -0.2) is 0 Å². The summed E-state index contributed by atoms with van der Waals surface area (Å²) in [5.74, 6) is -0.131. The molecule has 1 atom stereocenters. The lowest BCUT2D eigenvalue weighted by atomic mass is 10.2. The van der Waals surface area contributed by atoms with Crippen molar-refractivity contribution < 1.29 is 14.6 Å². The highest BCUT2D eigenvalue weighted by Crippen LogP contribution is 2.02. The van der Waals surface area contributed by atoms with E-state index in [-0.39, 0.29) is 12.5 Å². The van der Waals surface area contributed by atoms with Crippen LogP contribution in [0.4, 0.5) is 0 Å². The Bertz CT molecular complexity index is 141. The Morgan fingerprint density at radius 2 is 2.60 bits per heavy atom. The molecule has 5 heteroatoms. The van der Waals surface area contributed by atoms with Crippen LogP contribution in [0.2, 0.25) is 0 Å². The highest BCUT2D eigenvalue weighted by Gasteiger charge is 2.25.